The Morgan fingerprint density at radius 2 is 2.00 bits per heavy atom. The van der Waals surface area contributed by atoms with Gasteiger partial charge in [0, 0.05) is 37.6 Å². The van der Waals surface area contributed by atoms with Crippen molar-refractivity contribution < 1.29 is 4.74 Å². The first-order valence-corrected chi connectivity index (χ1v) is 11.2. The number of guanidine groups is 1. The first-order chi connectivity index (χ1) is 13.8. The molecule has 2 aliphatic carbocycles. The molecular formula is C23H34N4O. The third kappa shape index (κ3) is 3.03. The molecule has 5 heteroatoms. The number of nitrogens with zero attached hydrogens (tertiary/aromatic N) is 2. The molecule has 2 N–H and O–H groups in total. The van der Waals surface area contributed by atoms with E-state index in [1.54, 1.807) is 0 Å². The van der Waals surface area contributed by atoms with Gasteiger partial charge < -0.3 is 15.4 Å². The van der Waals surface area contributed by atoms with Crippen LogP contribution in [0.25, 0.3) is 0 Å². The lowest BCUT2D eigenvalue weighted by atomic mass is 9.46. The Hall–Kier alpha value is -1.59. The molecule has 4 unspecified atom stereocenters. The van der Waals surface area contributed by atoms with Gasteiger partial charge in [-0.15, -0.1) is 0 Å². The van der Waals surface area contributed by atoms with Gasteiger partial charge in [-0.05, 0) is 50.8 Å². The highest BCUT2D eigenvalue weighted by molar-refractivity contribution is 5.80. The quantitative estimate of drug-likeness (QED) is 0.607. The minimum atomic E-state index is 0.382. The molecule has 4 aliphatic rings. The van der Waals surface area contributed by atoms with Gasteiger partial charge in [0.05, 0.1) is 12.1 Å². The van der Waals surface area contributed by atoms with E-state index >= 15 is 0 Å². The summed E-state index contributed by atoms with van der Waals surface area (Å²) in [6.07, 6.45) is 8.28. The van der Waals surface area contributed by atoms with Crippen LogP contribution in [-0.2, 0) is 4.74 Å². The van der Waals surface area contributed by atoms with Crippen molar-refractivity contribution in [2.24, 2.45) is 16.3 Å². The molecular weight excluding hydrogens is 348 g/mol. The maximum atomic E-state index is 6.07. The SMILES string of the molecule is CN=C(NCC(c1ccccc1)N1CCCC1)NC1C2CCOC2C12CCC2. The predicted octanol–water partition coefficient (Wildman–Crippen LogP) is 2.95. The summed E-state index contributed by atoms with van der Waals surface area (Å²) in [6, 6.07) is 11.9. The van der Waals surface area contributed by atoms with Crippen LogP contribution in [0.4, 0.5) is 0 Å². The van der Waals surface area contributed by atoms with Gasteiger partial charge in [-0.25, -0.2) is 0 Å². The van der Waals surface area contributed by atoms with E-state index in [0.29, 0.717) is 29.5 Å². The number of nitrogens with one attached hydrogen (secondary N) is 2. The summed E-state index contributed by atoms with van der Waals surface area (Å²) < 4.78 is 6.07. The summed E-state index contributed by atoms with van der Waals surface area (Å²) in [5.74, 6) is 1.63. The van der Waals surface area contributed by atoms with Gasteiger partial charge in [-0.2, -0.15) is 0 Å². The Morgan fingerprint density at radius 1 is 1.21 bits per heavy atom. The Balaban J connectivity index is 1.25. The Morgan fingerprint density at radius 3 is 2.68 bits per heavy atom. The summed E-state index contributed by atoms with van der Waals surface area (Å²) in [6.45, 7) is 4.22. The Bertz CT molecular complexity index is 696. The van der Waals surface area contributed by atoms with Crippen LogP contribution in [0.15, 0.2) is 35.3 Å². The highest BCUT2D eigenvalue weighted by Crippen LogP contribution is 2.62. The lowest BCUT2D eigenvalue weighted by Crippen LogP contribution is -2.72. The first-order valence-electron chi connectivity index (χ1n) is 11.2. The molecule has 4 fully saturated rings. The lowest BCUT2D eigenvalue weighted by Gasteiger charge is -2.63. The topological polar surface area (TPSA) is 48.9 Å². The largest absolute Gasteiger partial charge is 0.377 e. The number of rotatable bonds is 5. The van der Waals surface area contributed by atoms with Crippen LogP contribution in [0, 0.1) is 11.3 Å². The van der Waals surface area contributed by atoms with Crippen LogP contribution < -0.4 is 10.6 Å². The summed E-state index contributed by atoms with van der Waals surface area (Å²) in [5, 5.41) is 7.47. The molecule has 0 bridgehead atoms. The van der Waals surface area contributed by atoms with Gasteiger partial charge in [0.1, 0.15) is 0 Å². The molecule has 1 spiro atoms. The second-order valence-corrected chi connectivity index (χ2v) is 9.08. The first kappa shape index (κ1) is 18.4. The number of aliphatic imine (C=N–C) groups is 1. The van der Waals surface area contributed by atoms with Gasteiger partial charge in [0.25, 0.3) is 0 Å². The number of hydrogen-bond donors (Lipinski definition) is 2. The molecule has 5 rings (SSSR count). The van der Waals surface area contributed by atoms with E-state index in [1.165, 1.54) is 57.2 Å². The molecule has 1 aromatic rings. The molecule has 0 radical (unpaired) electrons. The normalized spacial score (nSPS) is 32.5. The highest BCUT2D eigenvalue weighted by Gasteiger charge is 2.66. The molecule has 2 aliphatic heterocycles. The van der Waals surface area contributed by atoms with Gasteiger partial charge >= 0.3 is 0 Å². The third-order valence-electron chi connectivity index (χ3n) is 7.78. The number of ether oxygens (including phenoxy) is 1. The summed E-state index contributed by atoms with van der Waals surface area (Å²) >= 11 is 0. The predicted molar refractivity (Wildman–Crippen MR) is 112 cm³/mol. The van der Waals surface area contributed by atoms with Crippen molar-refractivity contribution in [3.8, 4) is 0 Å². The number of fused-ring (bicyclic) bond motifs is 2. The monoisotopic (exact) mass is 382 g/mol. The average molecular weight is 383 g/mol. The molecule has 5 nitrogen and oxygen atoms in total. The smallest absolute Gasteiger partial charge is 0.191 e. The van der Waals surface area contributed by atoms with Gasteiger partial charge in [0.15, 0.2) is 5.96 Å². The Labute approximate surface area is 168 Å². The standard InChI is InChI=1S/C23H34N4O/c1-24-22(26-20-18-10-15-28-21(18)23(20)11-7-12-23)25-16-19(27-13-5-6-14-27)17-8-3-2-4-9-17/h2-4,8-9,18-21H,5-7,10-16H2,1H3,(H2,24,25,26). The van der Waals surface area contributed by atoms with Crippen LogP contribution in [-0.4, -0.2) is 56.3 Å². The van der Waals surface area contributed by atoms with E-state index < -0.39 is 0 Å². The van der Waals surface area contributed by atoms with Crippen molar-refractivity contribution in [2.75, 3.05) is 33.3 Å². The lowest BCUT2D eigenvalue weighted by molar-refractivity contribution is -0.171. The molecule has 2 heterocycles. The fourth-order valence-corrected chi connectivity index (χ4v) is 6.18. The van der Waals surface area contributed by atoms with Crippen molar-refractivity contribution in [3.05, 3.63) is 35.9 Å². The van der Waals surface area contributed by atoms with Crippen LogP contribution in [0.3, 0.4) is 0 Å². The molecule has 0 aromatic heterocycles. The second kappa shape index (κ2) is 7.68. The summed E-state index contributed by atoms with van der Waals surface area (Å²) in [4.78, 5) is 7.19. The molecule has 28 heavy (non-hydrogen) atoms. The van der Waals surface area contributed by atoms with E-state index in [9.17, 15) is 0 Å². The number of hydrogen-bond acceptors (Lipinski definition) is 3. The molecule has 1 aromatic carbocycles. The van der Waals surface area contributed by atoms with Crippen molar-refractivity contribution in [1.82, 2.24) is 15.5 Å². The zero-order valence-electron chi connectivity index (χ0n) is 17.1. The Kier molecular flexibility index (Phi) is 5.06. The van der Waals surface area contributed by atoms with Gasteiger partial charge in [0.2, 0.25) is 0 Å². The van der Waals surface area contributed by atoms with Crippen molar-refractivity contribution in [1.29, 1.82) is 0 Å². The number of likely N-dealkylation sites (tertiary alicyclic amines) is 1. The van der Waals surface area contributed by atoms with E-state index in [2.05, 4.69) is 50.9 Å². The van der Waals surface area contributed by atoms with Crippen molar-refractivity contribution in [3.63, 3.8) is 0 Å². The maximum absolute atomic E-state index is 6.07. The second-order valence-electron chi connectivity index (χ2n) is 9.08. The molecule has 0 amide bonds. The number of benzene rings is 1. The van der Waals surface area contributed by atoms with E-state index in [0.717, 1.165) is 19.1 Å². The van der Waals surface area contributed by atoms with Gasteiger partial charge in [-0.3, -0.25) is 9.89 Å². The van der Waals surface area contributed by atoms with Crippen LogP contribution in [0.2, 0.25) is 0 Å². The maximum Gasteiger partial charge on any atom is 0.191 e. The molecule has 2 saturated heterocycles. The molecule has 2 saturated carbocycles. The van der Waals surface area contributed by atoms with Gasteiger partial charge in [-0.1, -0.05) is 36.8 Å². The zero-order chi connectivity index (χ0) is 19.0. The molecule has 152 valence electrons. The summed E-state index contributed by atoms with van der Waals surface area (Å²) in [7, 11) is 1.90. The van der Waals surface area contributed by atoms with Crippen LogP contribution >= 0.6 is 0 Å². The molecule has 4 atom stereocenters. The fraction of sp³-hybridized carbons (Fsp3) is 0.696. The average Bonchev–Trinajstić information content (AvgIpc) is 3.35. The van der Waals surface area contributed by atoms with E-state index in [-0.39, 0.29) is 0 Å². The van der Waals surface area contributed by atoms with E-state index in [4.69, 9.17) is 4.74 Å². The summed E-state index contributed by atoms with van der Waals surface area (Å²) in [5.41, 5.74) is 1.78. The minimum Gasteiger partial charge on any atom is -0.377 e. The van der Waals surface area contributed by atoms with Crippen molar-refractivity contribution in [2.45, 2.75) is 56.7 Å². The fourth-order valence-electron chi connectivity index (χ4n) is 6.18. The van der Waals surface area contributed by atoms with Crippen LogP contribution in [0.1, 0.15) is 50.1 Å². The zero-order valence-corrected chi connectivity index (χ0v) is 17.1. The van der Waals surface area contributed by atoms with Crippen LogP contribution in [0.5, 0.6) is 0 Å². The third-order valence-corrected chi connectivity index (χ3v) is 7.78. The van der Waals surface area contributed by atoms with E-state index in [1.807, 2.05) is 7.05 Å². The van der Waals surface area contributed by atoms with Crippen molar-refractivity contribution >= 4 is 5.96 Å². The minimum absolute atomic E-state index is 0.382. The highest BCUT2D eigenvalue weighted by atomic mass is 16.5.